The minimum Gasteiger partial charge on any atom is -0.337 e. The SMILES string of the molecule is C[C@H](Cl)c1nc(-c2cccc(F)c2)no1. The number of halogens is 2. The Hall–Kier alpha value is -1.42. The van der Waals surface area contributed by atoms with Gasteiger partial charge >= 0.3 is 0 Å². The van der Waals surface area contributed by atoms with E-state index in [-0.39, 0.29) is 11.2 Å². The van der Waals surface area contributed by atoms with Crippen LogP contribution in [0.5, 0.6) is 0 Å². The van der Waals surface area contributed by atoms with E-state index in [2.05, 4.69) is 10.1 Å². The Labute approximate surface area is 90.9 Å². The molecule has 1 aromatic heterocycles. The highest BCUT2D eigenvalue weighted by Gasteiger charge is 2.12. The van der Waals surface area contributed by atoms with Crippen molar-refractivity contribution < 1.29 is 8.91 Å². The number of nitrogens with zero attached hydrogens (tertiary/aromatic N) is 2. The van der Waals surface area contributed by atoms with Gasteiger partial charge in [0.15, 0.2) is 0 Å². The third-order valence-electron chi connectivity index (χ3n) is 1.86. The van der Waals surface area contributed by atoms with Gasteiger partial charge in [-0.15, -0.1) is 11.6 Å². The molecule has 0 radical (unpaired) electrons. The zero-order valence-corrected chi connectivity index (χ0v) is 8.70. The maximum atomic E-state index is 12.9. The molecule has 1 heterocycles. The van der Waals surface area contributed by atoms with Crippen molar-refractivity contribution in [1.82, 2.24) is 10.1 Å². The zero-order valence-electron chi connectivity index (χ0n) is 7.95. The van der Waals surface area contributed by atoms with Gasteiger partial charge in [-0.2, -0.15) is 4.98 Å². The zero-order chi connectivity index (χ0) is 10.8. The first kappa shape index (κ1) is 10.1. The Morgan fingerprint density at radius 1 is 1.47 bits per heavy atom. The summed E-state index contributed by atoms with van der Waals surface area (Å²) in [5.41, 5.74) is 0.572. The lowest BCUT2D eigenvalue weighted by Crippen LogP contribution is -1.85. The van der Waals surface area contributed by atoms with E-state index in [4.69, 9.17) is 16.1 Å². The highest BCUT2D eigenvalue weighted by molar-refractivity contribution is 6.20. The molecule has 5 heteroatoms. The van der Waals surface area contributed by atoms with Crippen molar-refractivity contribution in [3.05, 3.63) is 36.0 Å². The van der Waals surface area contributed by atoms with Gasteiger partial charge in [0.1, 0.15) is 11.2 Å². The van der Waals surface area contributed by atoms with E-state index in [0.717, 1.165) is 0 Å². The second kappa shape index (κ2) is 3.98. The van der Waals surface area contributed by atoms with Crippen LogP contribution < -0.4 is 0 Å². The van der Waals surface area contributed by atoms with Crippen LogP contribution in [0.1, 0.15) is 18.2 Å². The van der Waals surface area contributed by atoms with Gasteiger partial charge in [0.05, 0.1) is 0 Å². The topological polar surface area (TPSA) is 38.9 Å². The molecule has 2 rings (SSSR count). The molecule has 0 saturated carbocycles. The van der Waals surface area contributed by atoms with Gasteiger partial charge in [0.25, 0.3) is 0 Å². The fraction of sp³-hybridized carbons (Fsp3) is 0.200. The van der Waals surface area contributed by atoms with E-state index < -0.39 is 0 Å². The maximum Gasteiger partial charge on any atom is 0.244 e. The average Bonchev–Trinajstić information content (AvgIpc) is 2.66. The van der Waals surface area contributed by atoms with Gasteiger partial charge in [0.2, 0.25) is 11.7 Å². The number of hydrogen-bond acceptors (Lipinski definition) is 3. The third-order valence-corrected chi connectivity index (χ3v) is 2.05. The predicted octanol–water partition coefficient (Wildman–Crippen LogP) is 3.18. The minimum absolute atomic E-state index is 0.330. The van der Waals surface area contributed by atoms with Crippen LogP contribution in [0.4, 0.5) is 4.39 Å². The predicted molar refractivity (Wildman–Crippen MR) is 54.0 cm³/mol. The Morgan fingerprint density at radius 3 is 2.87 bits per heavy atom. The summed E-state index contributed by atoms with van der Waals surface area (Å²) in [6.07, 6.45) is 0. The summed E-state index contributed by atoms with van der Waals surface area (Å²) in [5.74, 6) is 0.339. The fourth-order valence-corrected chi connectivity index (χ4v) is 1.23. The summed E-state index contributed by atoms with van der Waals surface area (Å²) < 4.78 is 17.8. The molecule has 15 heavy (non-hydrogen) atoms. The maximum absolute atomic E-state index is 12.9. The van der Waals surface area contributed by atoms with Gasteiger partial charge in [-0.25, -0.2) is 4.39 Å². The van der Waals surface area contributed by atoms with E-state index in [0.29, 0.717) is 17.3 Å². The van der Waals surface area contributed by atoms with Gasteiger partial charge in [-0.1, -0.05) is 17.3 Å². The van der Waals surface area contributed by atoms with Crippen LogP contribution >= 0.6 is 11.6 Å². The van der Waals surface area contributed by atoms with Gasteiger partial charge < -0.3 is 4.52 Å². The molecule has 3 nitrogen and oxygen atoms in total. The fourth-order valence-electron chi connectivity index (χ4n) is 1.14. The lowest BCUT2D eigenvalue weighted by atomic mass is 10.2. The van der Waals surface area contributed by atoms with Gasteiger partial charge in [0, 0.05) is 5.56 Å². The molecule has 0 amide bonds. The molecule has 2 aromatic rings. The summed E-state index contributed by atoms with van der Waals surface area (Å²) in [6.45, 7) is 1.73. The van der Waals surface area contributed by atoms with Crippen molar-refractivity contribution >= 4 is 11.6 Å². The second-order valence-electron chi connectivity index (χ2n) is 3.08. The number of benzene rings is 1. The van der Waals surface area contributed by atoms with E-state index in [9.17, 15) is 4.39 Å². The molecule has 0 bridgehead atoms. The molecular formula is C10H8ClFN2O. The molecule has 1 aromatic carbocycles. The van der Waals surface area contributed by atoms with E-state index >= 15 is 0 Å². The quantitative estimate of drug-likeness (QED) is 0.739. The first-order valence-corrected chi connectivity index (χ1v) is 4.84. The van der Waals surface area contributed by atoms with Crippen molar-refractivity contribution in [2.75, 3.05) is 0 Å². The average molecular weight is 227 g/mol. The lowest BCUT2D eigenvalue weighted by molar-refractivity contribution is 0.379. The van der Waals surface area contributed by atoms with Crippen LogP contribution in [-0.4, -0.2) is 10.1 Å². The summed E-state index contributed by atoms with van der Waals surface area (Å²) in [6, 6.07) is 5.99. The number of aromatic nitrogens is 2. The molecule has 1 atom stereocenters. The molecule has 0 fully saturated rings. The van der Waals surface area contributed by atoms with Crippen LogP contribution in [0.3, 0.4) is 0 Å². The normalized spacial score (nSPS) is 12.7. The summed E-state index contributed by atoms with van der Waals surface area (Å²) in [7, 11) is 0. The van der Waals surface area contributed by atoms with E-state index in [1.165, 1.54) is 12.1 Å². The van der Waals surface area contributed by atoms with E-state index in [1.807, 2.05) is 0 Å². The third kappa shape index (κ3) is 2.15. The molecule has 0 aliphatic rings. The molecule has 78 valence electrons. The van der Waals surface area contributed by atoms with Crippen molar-refractivity contribution in [2.24, 2.45) is 0 Å². The smallest absolute Gasteiger partial charge is 0.244 e. The Balaban J connectivity index is 2.37. The highest BCUT2D eigenvalue weighted by atomic mass is 35.5. The van der Waals surface area contributed by atoms with Crippen molar-refractivity contribution in [1.29, 1.82) is 0 Å². The second-order valence-corrected chi connectivity index (χ2v) is 3.74. The standard InChI is InChI=1S/C10H8ClFN2O/c1-6(11)10-13-9(14-15-10)7-3-2-4-8(12)5-7/h2-6H,1H3/t6-/m0/s1. The van der Waals surface area contributed by atoms with Gasteiger partial charge in [-0.3, -0.25) is 0 Å². The number of alkyl halides is 1. The van der Waals surface area contributed by atoms with Crippen molar-refractivity contribution in [3.63, 3.8) is 0 Å². The number of rotatable bonds is 2. The van der Waals surface area contributed by atoms with Crippen LogP contribution in [0.15, 0.2) is 28.8 Å². The number of hydrogen-bond donors (Lipinski definition) is 0. The van der Waals surface area contributed by atoms with Gasteiger partial charge in [-0.05, 0) is 19.1 Å². The highest BCUT2D eigenvalue weighted by Crippen LogP contribution is 2.21. The van der Waals surface area contributed by atoms with Crippen LogP contribution in [0, 0.1) is 5.82 Å². The van der Waals surface area contributed by atoms with Crippen molar-refractivity contribution in [2.45, 2.75) is 12.3 Å². The molecule has 0 N–H and O–H groups in total. The Bertz CT molecular complexity index is 470. The monoisotopic (exact) mass is 226 g/mol. The van der Waals surface area contributed by atoms with Crippen molar-refractivity contribution in [3.8, 4) is 11.4 Å². The Morgan fingerprint density at radius 2 is 2.27 bits per heavy atom. The summed E-state index contributed by atoms with van der Waals surface area (Å²) in [4.78, 5) is 4.04. The molecule has 0 saturated heterocycles. The first-order chi connectivity index (χ1) is 7.16. The first-order valence-electron chi connectivity index (χ1n) is 4.40. The Kier molecular flexibility index (Phi) is 2.68. The molecular weight excluding hydrogens is 219 g/mol. The van der Waals surface area contributed by atoms with Crippen LogP contribution in [-0.2, 0) is 0 Å². The van der Waals surface area contributed by atoms with Crippen LogP contribution in [0.2, 0.25) is 0 Å². The van der Waals surface area contributed by atoms with E-state index in [1.54, 1.807) is 19.1 Å². The molecule has 0 aliphatic carbocycles. The van der Waals surface area contributed by atoms with Crippen LogP contribution in [0.25, 0.3) is 11.4 Å². The minimum atomic E-state index is -0.347. The molecule has 0 unspecified atom stereocenters. The lowest BCUT2D eigenvalue weighted by Gasteiger charge is -1.93. The summed E-state index contributed by atoms with van der Waals surface area (Å²) in [5, 5.41) is 3.36. The largest absolute Gasteiger partial charge is 0.337 e. The summed E-state index contributed by atoms with van der Waals surface area (Å²) >= 11 is 5.76. The molecule has 0 spiro atoms. The molecule has 0 aliphatic heterocycles.